The summed E-state index contributed by atoms with van der Waals surface area (Å²) in [6.07, 6.45) is 1.65. The lowest BCUT2D eigenvalue weighted by atomic mass is 10.00. The highest BCUT2D eigenvalue weighted by molar-refractivity contribution is 5.91. The Labute approximate surface area is 118 Å². The van der Waals surface area contributed by atoms with Crippen molar-refractivity contribution < 1.29 is 19.4 Å². The highest BCUT2D eigenvalue weighted by Gasteiger charge is 2.40. The Morgan fingerprint density at radius 2 is 1.90 bits per heavy atom. The largest absolute Gasteiger partial charge is 0.478 e. The van der Waals surface area contributed by atoms with Gasteiger partial charge in [0.05, 0.1) is 18.8 Å². The lowest BCUT2D eigenvalue weighted by Gasteiger charge is -2.39. The van der Waals surface area contributed by atoms with Crippen molar-refractivity contribution in [3.63, 3.8) is 0 Å². The number of hydrogen-bond acceptors (Lipinski definition) is 4. The van der Waals surface area contributed by atoms with E-state index in [9.17, 15) is 9.90 Å². The van der Waals surface area contributed by atoms with Gasteiger partial charge in [-0.1, -0.05) is 6.07 Å². The molecule has 0 amide bonds. The Morgan fingerprint density at radius 1 is 1.25 bits per heavy atom. The van der Waals surface area contributed by atoms with E-state index in [2.05, 4.69) is 4.90 Å². The first-order valence-corrected chi connectivity index (χ1v) is 6.97. The first kappa shape index (κ1) is 13.4. The van der Waals surface area contributed by atoms with Crippen molar-refractivity contribution >= 4 is 11.7 Å². The third kappa shape index (κ3) is 2.27. The van der Waals surface area contributed by atoms with Gasteiger partial charge in [0, 0.05) is 31.6 Å². The molecule has 0 unspecified atom stereocenters. The van der Waals surface area contributed by atoms with Gasteiger partial charge in [0.2, 0.25) is 0 Å². The van der Waals surface area contributed by atoms with Gasteiger partial charge in [-0.15, -0.1) is 0 Å². The van der Waals surface area contributed by atoms with Crippen molar-refractivity contribution in [1.29, 1.82) is 0 Å². The van der Waals surface area contributed by atoms with E-state index >= 15 is 0 Å². The van der Waals surface area contributed by atoms with Gasteiger partial charge < -0.3 is 19.5 Å². The fraction of sp³-hybridized carbons (Fsp3) is 0.533. The number of carboxylic acid groups (broad SMARTS) is 1. The van der Waals surface area contributed by atoms with Crippen LogP contribution in [0.4, 0.5) is 5.69 Å². The minimum Gasteiger partial charge on any atom is -0.478 e. The van der Waals surface area contributed by atoms with Crippen LogP contribution in [0, 0.1) is 6.92 Å². The maximum atomic E-state index is 11.2. The standard InChI is InChI=1S/C15H19NO4/c1-11-12(14(17)18)3-2-4-13(11)16-7-5-15(6-8-16)19-9-10-20-15/h2-4H,5-10H2,1H3,(H,17,18). The Hall–Kier alpha value is -1.59. The topological polar surface area (TPSA) is 59.0 Å². The number of aromatic carboxylic acids is 1. The predicted octanol–water partition coefficient (Wildman–Crippen LogP) is 2.04. The number of hydrogen-bond donors (Lipinski definition) is 1. The van der Waals surface area contributed by atoms with Crippen LogP contribution in [0.3, 0.4) is 0 Å². The van der Waals surface area contributed by atoms with Crippen LogP contribution in [0.25, 0.3) is 0 Å². The SMILES string of the molecule is Cc1c(C(=O)O)cccc1N1CCC2(CC1)OCCO2. The number of benzene rings is 1. The molecular weight excluding hydrogens is 258 g/mol. The number of ether oxygens (including phenoxy) is 2. The van der Waals surface area contributed by atoms with E-state index in [0.717, 1.165) is 37.2 Å². The highest BCUT2D eigenvalue weighted by atomic mass is 16.7. The molecule has 2 fully saturated rings. The van der Waals surface area contributed by atoms with Crippen LogP contribution in [-0.4, -0.2) is 43.2 Å². The van der Waals surface area contributed by atoms with Crippen LogP contribution >= 0.6 is 0 Å². The molecule has 2 heterocycles. The second-order valence-corrected chi connectivity index (χ2v) is 5.35. The number of anilines is 1. The van der Waals surface area contributed by atoms with Crippen molar-refractivity contribution in [2.45, 2.75) is 25.6 Å². The third-order valence-corrected chi connectivity index (χ3v) is 4.22. The van der Waals surface area contributed by atoms with Crippen LogP contribution in [0.15, 0.2) is 18.2 Å². The lowest BCUT2D eigenvalue weighted by molar-refractivity contribution is -0.169. The summed E-state index contributed by atoms with van der Waals surface area (Å²) < 4.78 is 11.4. The summed E-state index contributed by atoms with van der Waals surface area (Å²) in [5, 5.41) is 9.20. The summed E-state index contributed by atoms with van der Waals surface area (Å²) in [6, 6.07) is 5.44. The summed E-state index contributed by atoms with van der Waals surface area (Å²) in [5.74, 6) is -1.27. The quantitative estimate of drug-likeness (QED) is 0.896. The molecule has 108 valence electrons. The maximum absolute atomic E-state index is 11.2. The molecule has 1 N–H and O–H groups in total. The molecule has 2 aliphatic heterocycles. The fourth-order valence-corrected chi connectivity index (χ4v) is 3.07. The Bertz CT molecular complexity index is 513. The van der Waals surface area contributed by atoms with Crippen LogP contribution in [0.1, 0.15) is 28.8 Å². The van der Waals surface area contributed by atoms with E-state index in [-0.39, 0.29) is 0 Å². The number of carbonyl (C=O) groups is 1. The van der Waals surface area contributed by atoms with Gasteiger partial charge in [-0.2, -0.15) is 0 Å². The smallest absolute Gasteiger partial charge is 0.336 e. The lowest BCUT2D eigenvalue weighted by Crippen LogP contribution is -2.45. The molecule has 0 saturated carbocycles. The minimum atomic E-state index is -0.875. The molecule has 0 radical (unpaired) electrons. The van der Waals surface area contributed by atoms with Crippen LogP contribution in [0.2, 0.25) is 0 Å². The minimum absolute atomic E-state index is 0.371. The molecule has 1 aromatic rings. The van der Waals surface area contributed by atoms with Gasteiger partial charge in [0.25, 0.3) is 0 Å². The van der Waals surface area contributed by atoms with Crippen LogP contribution < -0.4 is 4.90 Å². The fourth-order valence-electron chi connectivity index (χ4n) is 3.07. The molecular formula is C15H19NO4. The Balaban J connectivity index is 1.78. The molecule has 2 saturated heterocycles. The molecule has 0 aliphatic carbocycles. The van der Waals surface area contributed by atoms with E-state index in [4.69, 9.17) is 9.47 Å². The zero-order valence-corrected chi connectivity index (χ0v) is 11.6. The van der Waals surface area contributed by atoms with E-state index in [0.29, 0.717) is 18.8 Å². The summed E-state index contributed by atoms with van der Waals surface area (Å²) in [5.41, 5.74) is 2.19. The van der Waals surface area contributed by atoms with Crippen molar-refractivity contribution in [1.82, 2.24) is 0 Å². The van der Waals surface area contributed by atoms with Crippen LogP contribution in [-0.2, 0) is 9.47 Å². The van der Waals surface area contributed by atoms with Gasteiger partial charge in [0.1, 0.15) is 0 Å². The molecule has 0 bridgehead atoms. The number of nitrogens with zero attached hydrogens (tertiary/aromatic N) is 1. The second-order valence-electron chi connectivity index (χ2n) is 5.35. The van der Waals surface area contributed by atoms with Crippen LogP contribution in [0.5, 0.6) is 0 Å². The molecule has 20 heavy (non-hydrogen) atoms. The Morgan fingerprint density at radius 3 is 2.50 bits per heavy atom. The average Bonchev–Trinajstić information content (AvgIpc) is 2.88. The number of piperidine rings is 1. The third-order valence-electron chi connectivity index (χ3n) is 4.22. The number of carboxylic acids is 1. The molecule has 5 heteroatoms. The zero-order chi connectivity index (χ0) is 14.2. The van der Waals surface area contributed by atoms with Gasteiger partial charge in [-0.05, 0) is 24.6 Å². The molecule has 0 atom stereocenters. The summed E-state index contributed by atoms with van der Waals surface area (Å²) >= 11 is 0. The van der Waals surface area contributed by atoms with E-state index in [1.807, 2.05) is 13.0 Å². The van der Waals surface area contributed by atoms with Crippen molar-refractivity contribution in [3.05, 3.63) is 29.3 Å². The molecule has 1 aromatic carbocycles. The van der Waals surface area contributed by atoms with E-state index in [1.165, 1.54) is 0 Å². The maximum Gasteiger partial charge on any atom is 0.336 e. The van der Waals surface area contributed by atoms with Gasteiger partial charge >= 0.3 is 5.97 Å². The van der Waals surface area contributed by atoms with Crippen molar-refractivity contribution in [3.8, 4) is 0 Å². The first-order valence-electron chi connectivity index (χ1n) is 6.97. The van der Waals surface area contributed by atoms with E-state index in [1.54, 1.807) is 12.1 Å². The van der Waals surface area contributed by atoms with Gasteiger partial charge in [0.15, 0.2) is 5.79 Å². The van der Waals surface area contributed by atoms with Gasteiger partial charge in [-0.3, -0.25) is 0 Å². The van der Waals surface area contributed by atoms with Gasteiger partial charge in [-0.25, -0.2) is 4.79 Å². The summed E-state index contributed by atoms with van der Waals surface area (Å²) in [7, 11) is 0. The number of rotatable bonds is 2. The Kier molecular flexibility index (Phi) is 3.40. The molecule has 2 aliphatic rings. The summed E-state index contributed by atoms with van der Waals surface area (Å²) in [4.78, 5) is 13.4. The molecule has 3 rings (SSSR count). The monoisotopic (exact) mass is 277 g/mol. The van der Waals surface area contributed by atoms with Crippen molar-refractivity contribution in [2.24, 2.45) is 0 Å². The predicted molar refractivity (Wildman–Crippen MR) is 74.2 cm³/mol. The first-order chi connectivity index (χ1) is 9.61. The van der Waals surface area contributed by atoms with Crippen molar-refractivity contribution in [2.75, 3.05) is 31.2 Å². The second kappa shape index (κ2) is 5.07. The summed E-state index contributed by atoms with van der Waals surface area (Å²) in [6.45, 7) is 4.86. The molecule has 5 nitrogen and oxygen atoms in total. The molecule has 0 aromatic heterocycles. The van der Waals surface area contributed by atoms with E-state index < -0.39 is 11.8 Å². The normalized spacial score (nSPS) is 21.4. The molecule has 1 spiro atoms. The zero-order valence-electron chi connectivity index (χ0n) is 11.6. The highest BCUT2D eigenvalue weighted by Crippen LogP contribution is 2.34. The average molecular weight is 277 g/mol.